The van der Waals surface area contributed by atoms with Crippen LogP contribution in [-0.2, 0) is 9.53 Å². The van der Waals surface area contributed by atoms with E-state index in [9.17, 15) is 24.8 Å². The van der Waals surface area contributed by atoms with Crippen molar-refractivity contribution in [2.24, 2.45) is 0 Å². The highest BCUT2D eigenvalue weighted by atomic mass is 16.6. The first-order chi connectivity index (χ1) is 11.9. The van der Waals surface area contributed by atoms with E-state index in [-0.39, 0.29) is 12.1 Å². The van der Waals surface area contributed by atoms with Gasteiger partial charge in [0.1, 0.15) is 11.6 Å². The predicted molar refractivity (Wildman–Crippen MR) is 96.8 cm³/mol. The number of hydrogen-bond acceptors (Lipinski definition) is 5. The first-order valence-corrected chi connectivity index (χ1v) is 8.04. The van der Waals surface area contributed by atoms with E-state index in [1.807, 2.05) is 0 Å². The lowest BCUT2D eigenvalue weighted by Crippen LogP contribution is -2.43. The van der Waals surface area contributed by atoms with Gasteiger partial charge >= 0.3 is 12.1 Å². The number of aliphatic carboxylic acids is 1. The Morgan fingerprint density at radius 2 is 1.77 bits per heavy atom. The summed E-state index contributed by atoms with van der Waals surface area (Å²) in [7, 11) is 0. The van der Waals surface area contributed by atoms with Gasteiger partial charge in [-0.2, -0.15) is 0 Å². The van der Waals surface area contributed by atoms with Crippen LogP contribution in [0.3, 0.4) is 0 Å². The van der Waals surface area contributed by atoms with Crippen molar-refractivity contribution in [3.8, 4) is 0 Å². The molecular weight excluding hydrogens is 340 g/mol. The summed E-state index contributed by atoms with van der Waals surface area (Å²) >= 11 is 0. The Hall–Kier alpha value is -2.90. The number of carboxylic acid groups (broad SMARTS) is 1. The Kier molecular flexibility index (Phi) is 6.88. The SMILES string of the molecule is C/C(C[C@H](NC(=O)OC(C)(C)C)C(=O)O)=C(/C)c1ccc([N+](=O)[O-])cc1. The van der Waals surface area contributed by atoms with E-state index in [1.54, 1.807) is 46.8 Å². The number of benzene rings is 1. The maximum absolute atomic E-state index is 11.8. The molecule has 0 aliphatic carbocycles. The smallest absolute Gasteiger partial charge is 0.408 e. The number of carbonyl (C=O) groups is 2. The molecule has 8 nitrogen and oxygen atoms in total. The Balaban J connectivity index is 2.92. The van der Waals surface area contributed by atoms with Crippen LogP contribution in [0.15, 0.2) is 29.8 Å². The molecule has 0 fully saturated rings. The summed E-state index contributed by atoms with van der Waals surface area (Å²) in [5.74, 6) is -1.17. The number of rotatable bonds is 6. The number of nitro benzene ring substituents is 1. The average Bonchev–Trinajstić information content (AvgIpc) is 2.51. The molecular formula is C18H24N2O6. The number of ether oxygens (including phenoxy) is 1. The molecule has 142 valence electrons. The first-order valence-electron chi connectivity index (χ1n) is 8.04. The normalized spacial score (nSPS) is 13.4. The number of nitrogens with zero attached hydrogens (tertiary/aromatic N) is 1. The maximum atomic E-state index is 11.8. The van der Waals surface area contributed by atoms with Crippen LogP contribution in [0.2, 0.25) is 0 Å². The largest absolute Gasteiger partial charge is 0.480 e. The van der Waals surface area contributed by atoms with Crippen LogP contribution in [0.25, 0.3) is 5.57 Å². The lowest BCUT2D eigenvalue weighted by molar-refractivity contribution is -0.384. The molecule has 0 aliphatic rings. The molecule has 0 aromatic heterocycles. The summed E-state index contributed by atoms with van der Waals surface area (Å²) in [6.07, 6.45) is -0.720. The van der Waals surface area contributed by atoms with Crippen LogP contribution in [0.1, 0.15) is 46.6 Å². The van der Waals surface area contributed by atoms with E-state index in [1.165, 1.54) is 12.1 Å². The zero-order valence-corrected chi connectivity index (χ0v) is 15.5. The van der Waals surface area contributed by atoms with Gasteiger partial charge in [0.15, 0.2) is 0 Å². The summed E-state index contributed by atoms with van der Waals surface area (Å²) in [4.78, 5) is 33.5. The fraction of sp³-hybridized carbons (Fsp3) is 0.444. The number of nitrogens with one attached hydrogen (secondary N) is 1. The molecule has 8 heteroatoms. The van der Waals surface area contributed by atoms with Crippen LogP contribution in [0.4, 0.5) is 10.5 Å². The zero-order chi connectivity index (χ0) is 20.1. The second-order valence-electron chi connectivity index (χ2n) is 6.95. The number of nitro groups is 1. The van der Waals surface area contributed by atoms with Gasteiger partial charge in [0.2, 0.25) is 0 Å². The third kappa shape index (κ3) is 6.54. The molecule has 0 unspecified atom stereocenters. The molecule has 0 spiro atoms. The van der Waals surface area contributed by atoms with Crippen LogP contribution in [-0.4, -0.2) is 33.7 Å². The highest BCUT2D eigenvalue weighted by Crippen LogP contribution is 2.23. The highest BCUT2D eigenvalue weighted by Gasteiger charge is 2.24. The van der Waals surface area contributed by atoms with E-state index in [0.29, 0.717) is 0 Å². The van der Waals surface area contributed by atoms with Gasteiger partial charge in [-0.1, -0.05) is 5.57 Å². The minimum Gasteiger partial charge on any atom is -0.480 e. The van der Waals surface area contributed by atoms with Crippen molar-refractivity contribution in [2.45, 2.75) is 52.7 Å². The average molecular weight is 364 g/mol. The standard InChI is InChI=1S/C18H24N2O6/c1-11(12(2)13-6-8-14(9-7-13)20(24)25)10-15(16(21)22)19-17(23)26-18(3,4)5/h6-9,15H,10H2,1-5H3,(H,19,23)(H,21,22)/b12-11+/t15-/m0/s1. The Bertz CT molecular complexity index is 716. The second kappa shape index (κ2) is 8.46. The van der Waals surface area contributed by atoms with Gasteiger partial charge in [-0.25, -0.2) is 9.59 Å². The summed E-state index contributed by atoms with van der Waals surface area (Å²) in [6, 6.07) is 4.85. The molecule has 1 aromatic carbocycles. The Morgan fingerprint density at radius 1 is 1.23 bits per heavy atom. The van der Waals surface area contributed by atoms with Gasteiger partial charge in [-0.05, 0) is 64.3 Å². The third-order valence-electron chi connectivity index (χ3n) is 3.65. The summed E-state index contributed by atoms with van der Waals surface area (Å²) < 4.78 is 5.09. The van der Waals surface area contributed by atoms with Crippen molar-refractivity contribution in [1.29, 1.82) is 0 Å². The third-order valence-corrected chi connectivity index (χ3v) is 3.65. The van der Waals surface area contributed by atoms with E-state index in [2.05, 4.69) is 5.32 Å². The van der Waals surface area contributed by atoms with Crippen molar-refractivity contribution >= 4 is 23.3 Å². The van der Waals surface area contributed by atoms with Crippen LogP contribution < -0.4 is 5.32 Å². The minimum atomic E-state index is -1.17. The number of hydrogen-bond donors (Lipinski definition) is 2. The van der Waals surface area contributed by atoms with Gasteiger partial charge < -0.3 is 15.2 Å². The highest BCUT2D eigenvalue weighted by molar-refractivity contribution is 5.81. The number of carboxylic acids is 1. The second-order valence-corrected chi connectivity index (χ2v) is 6.95. The van der Waals surface area contributed by atoms with Crippen LogP contribution in [0.5, 0.6) is 0 Å². The van der Waals surface area contributed by atoms with E-state index in [0.717, 1.165) is 16.7 Å². The fourth-order valence-electron chi connectivity index (χ4n) is 2.19. The van der Waals surface area contributed by atoms with Gasteiger partial charge in [-0.3, -0.25) is 10.1 Å². The Labute approximate surface area is 152 Å². The van der Waals surface area contributed by atoms with Crippen LogP contribution >= 0.6 is 0 Å². The fourth-order valence-corrected chi connectivity index (χ4v) is 2.19. The molecule has 0 aliphatic heterocycles. The zero-order valence-electron chi connectivity index (χ0n) is 15.5. The van der Waals surface area contributed by atoms with Gasteiger partial charge in [0.05, 0.1) is 4.92 Å². The van der Waals surface area contributed by atoms with Crippen LogP contribution in [0, 0.1) is 10.1 Å². The maximum Gasteiger partial charge on any atom is 0.408 e. The van der Waals surface area contributed by atoms with E-state index >= 15 is 0 Å². The van der Waals surface area contributed by atoms with Gasteiger partial charge in [0, 0.05) is 12.1 Å². The number of amides is 1. The number of allylic oxidation sites excluding steroid dienone is 1. The van der Waals surface area contributed by atoms with E-state index in [4.69, 9.17) is 4.74 Å². The minimum absolute atomic E-state index is 0.0193. The van der Waals surface area contributed by atoms with E-state index < -0.39 is 28.6 Å². The monoisotopic (exact) mass is 364 g/mol. The van der Waals surface area contributed by atoms with Crippen molar-refractivity contribution in [3.63, 3.8) is 0 Å². The van der Waals surface area contributed by atoms with Crippen molar-refractivity contribution in [2.75, 3.05) is 0 Å². The molecule has 1 amide bonds. The number of non-ortho nitro benzene ring substituents is 1. The quantitative estimate of drug-likeness (QED) is 0.586. The molecule has 0 saturated heterocycles. The Morgan fingerprint density at radius 3 is 2.19 bits per heavy atom. The topological polar surface area (TPSA) is 119 Å². The summed E-state index contributed by atoms with van der Waals surface area (Å²) in [5, 5.41) is 22.4. The van der Waals surface area contributed by atoms with Gasteiger partial charge in [0.25, 0.3) is 5.69 Å². The van der Waals surface area contributed by atoms with Gasteiger partial charge in [-0.15, -0.1) is 0 Å². The molecule has 26 heavy (non-hydrogen) atoms. The van der Waals surface area contributed by atoms with Crippen molar-refractivity contribution in [3.05, 3.63) is 45.5 Å². The predicted octanol–water partition coefficient (Wildman–Crippen LogP) is 3.76. The van der Waals surface area contributed by atoms with Crippen molar-refractivity contribution in [1.82, 2.24) is 5.32 Å². The molecule has 0 bridgehead atoms. The molecule has 1 aromatic rings. The number of carbonyl (C=O) groups excluding carboxylic acids is 1. The lowest BCUT2D eigenvalue weighted by Gasteiger charge is -2.22. The molecule has 1 rings (SSSR count). The molecule has 0 heterocycles. The van der Waals surface area contributed by atoms with Crippen molar-refractivity contribution < 1.29 is 24.4 Å². The molecule has 2 N–H and O–H groups in total. The first kappa shape index (κ1) is 21.1. The summed E-state index contributed by atoms with van der Waals surface area (Å²) in [6.45, 7) is 8.61. The molecule has 0 saturated carbocycles. The molecule has 0 radical (unpaired) electrons. The summed E-state index contributed by atoms with van der Waals surface area (Å²) in [5.41, 5.74) is 1.52. The lowest BCUT2D eigenvalue weighted by atomic mass is 9.97. The molecule has 1 atom stereocenters. The number of alkyl carbamates (subject to hydrolysis) is 1.